The van der Waals surface area contributed by atoms with Crippen molar-refractivity contribution in [3.8, 4) is 5.75 Å². The molecule has 1 aliphatic rings. The van der Waals surface area contributed by atoms with E-state index in [1.54, 1.807) is 18.7 Å². The Bertz CT molecular complexity index is 698. The third-order valence-corrected chi connectivity index (χ3v) is 4.03. The number of amides is 1. The molecular formula is C17H21N3O3. The van der Waals surface area contributed by atoms with Crippen LogP contribution in [-0.4, -0.2) is 33.6 Å². The van der Waals surface area contributed by atoms with Crippen LogP contribution in [0.5, 0.6) is 5.75 Å². The molecule has 2 atom stereocenters. The van der Waals surface area contributed by atoms with Crippen molar-refractivity contribution in [3.63, 3.8) is 0 Å². The second-order valence-electron chi connectivity index (χ2n) is 5.94. The van der Waals surface area contributed by atoms with Crippen LogP contribution in [0.2, 0.25) is 0 Å². The Labute approximate surface area is 135 Å². The molecule has 122 valence electrons. The van der Waals surface area contributed by atoms with Crippen LogP contribution in [0.4, 0.5) is 0 Å². The molecule has 3 rings (SSSR count). The minimum absolute atomic E-state index is 0.0449. The van der Waals surface area contributed by atoms with Gasteiger partial charge in [0.25, 0.3) is 5.91 Å². The molecule has 0 unspecified atom stereocenters. The first kappa shape index (κ1) is 15.5. The van der Waals surface area contributed by atoms with E-state index in [9.17, 15) is 4.79 Å². The van der Waals surface area contributed by atoms with E-state index in [1.807, 2.05) is 31.2 Å². The predicted molar refractivity (Wildman–Crippen MR) is 84.0 cm³/mol. The molecule has 1 aliphatic heterocycles. The lowest BCUT2D eigenvalue weighted by Crippen LogP contribution is -2.40. The van der Waals surface area contributed by atoms with Gasteiger partial charge >= 0.3 is 0 Å². The van der Waals surface area contributed by atoms with Gasteiger partial charge in [-0.15, -0.1) is 0 Å². The zero-order valence-electron chi connectivity index (χ0n) is 13.7. The third kappa shape index (κ3) is 3.36. The molecule has 6 nitrogen and oxygen atoms in total. The molecule has 0 saturated carbocycles. The molecular weight excluding hydrogens is 294 g/mol. The number of benzene rings is 1. The quantitative estimate of drug-likeness (QED) is 0.868. The standard InChI is InChI=1S/C17H21N3O3/c1-11-6-4-7-14(10-11)22-12(2)17(21)20-9-5-8-15(20)16-18-13(3)23-19-16/h4,6-7,10,12,15H,5,8-9H2,1-3H3/t12-,15+/m0/s1. The summed E-state index contributed by atoms with van der Waals surface area (Å²) in [5, 5.41) is 3.96. The maximum Gasteiger partial charge on any atom is 0.263 e. The van der Waals surface area contributed by atoms with Crippen LogP contribution >= 0.6 is 0 Å². The van der Waals surface area contributed by atoms with E-state index in [0.717, 1.165) is 18.4 Å². The molecule has 2 heterocycles. The van der Waals surface area contributed by atoms with Crippen molar-refractivity contribution >= 4 is 5.91 Å². The number of ether oxygens (including phenoxy) is 1. The van der Waals surface area contributed by atoms with Crippen molar-refractivity contribution in [1.82, 2.24) is 15.0 Å². The monoisotopic (exact) mass is 315 g/mol. The van der Waals surface area contributed by atoms with Gasteiger partial charge in [0, 0.05) is 13.5 Å². The fourth-order valence-electron chi connectivity index (χ4n) is 2.93. The fourth-order valence-corrected chi connectivity index (χ4v) is 2.93. The summed E-state index contributed by atoms with van der Waals surface area (Å²) in [5.41, 5.74) is 1.10. The Morgan fingerprint density at radius 2 is 2.26 bits per heavy atom. The molecule has 0 radical (unpaired) electrons. The Hall–Kier alpha value is -2.37. The number of hydrogen-bond donors (Lipinski definition) is 0. The molecule has 2 aromatic rings. The van der Waals surface area contributed by atoms with Gasteiger partial charge in [-0.2, -0.15) is 4.98 Å². The smallest absolute Gasteiger partial charge is 0.263 e. The lowest BCUT2D eigenvalue weighted by atomic mass is 10.2. The number of hydrogen-bond acceptors (Lipinski definition) is 5. The summed E-state index contributed by atoms with van der Waals surface area (Å²) in [6.07, 6.45) is 1.23. The van der Waals surface area contributed by atoms with Crippen LogP contribution in [0.15, 0.2) is 28.8 Å². The molecule has 23 heavy (non-hydrogen) atoms. The lowest BCUT2D eigenvalue weighted by Gasteiger charge is -2.26. The number of nitrogens with zero attached hydrogens (tertiary/aromatic N) is 3. The highest BCUT2D eigenvalue weighted by atomic mass is 16.5. The summed E-state index contributed by atoms with van der Waals surface area (Å²) in [5.74, 6) is 1.76. The van der Waals surface area contributed by atoms with Crippen LogP contribution in [0, 0.1) is 13.8 Å². The zero-order valence-corrected chi connectivity index (χ0v) is 13.7. The number of carbonyl (C=O) groups excluding carboxylic acids is 1. The normalized spacial score (nSPS) is 18.9. The predicted octanol–water partition coefficient (Wildman–Crippen LogP) is 2.82. The number of aromatic nitrogens is 2. The van der Waals surface area contributed by atoms with Gasteiger partial charge in [-0.3, -0.25) is 4.79 Å². The van der Waals surface area contributed by atoms with Gasteiger partial charge in [-0.1, -0.05) is 17.3 Å². The van der Waals surface area contributed by atoms with Gasteiger partial charge in [-0.05, 0) is 44.4 Å². The molecule has 1 amide bonds. The van der Waals surface area contributed by atoms with E-state index in [1.165, 1.54) is 0 Å². The molecule has 1 fully saturated rings. The summed E-state index contributed by atoms with van der Waals surface area (Å²) >= 11 is 0. The summed E-state index contributed by atoms with van der Waals surface area (Å²) in [4.78, 5) is 18.8. The van der Waals surface area contributed by atoms with Crippen LogP contribution in [0.1, 0.15) is 43.1 Å². The van der Waals surface area contributed by atoms with Crippen LogP contribution in [-0.2, 0) is 4.79 Å². The van der Waals surface area contributed by atoms with Crippen molar-refractivity contribution in [1.29, 1.82) is 0 Å². The van der Waals surface area contributed by atoms with Crippen LogP contribution in [0.3, 0.4) is 0 Å². The zero-order chi connectivity index (χ0) is 16.4. The molecule has 1 aromatic carbocycles. The minimum Gasteiger partial charge on any atom is -0.481 e. The van der Waals surface area contributed by atoms with Crippen molar-refractivity contribution in [2.75, 3.05) is 6.54 Å². The molecule has 0 spiro atoms. The lowest BCUT2D eigenvalue weighted by molar-refractivity contribution is -0.139. The number of rotatable bonds is 4. The fraction of sp³-hybridized carbons (Fsp3) is 0.471. The topological polar surface area (TPSA) is 68.5 Å². The van der Waals surface area contributed by atoms with Crippen molar-refractivity contribution in [2.45, 2.75) is 45.8 Å². The second-order valence-corrected chi connectivity index (χ2v) is 5.94. The average molecular weight is 315 g/mol. The molecule has 0 N–H and O–H groups in total. The number of carbonyl (C=O) groups is 1. The minimum atomic E-state index is -0.551. The van der Waals surface area contributed by atoms with Gasteiger partial charge in [0.05, 0.1) is 6.04 Å². The molecule has 1 aromatic heterocycles. The Balaban J connectivity index is 1.71. The highest BCUT2D eigenvalue weighted by Gasteiger charge is 2.35. The molecule has 0 bridgehead atoms. The Kier molecular flexibility index (Phi) is 4.32. The van der Waals surface area contributed by atoms with E-state index in [-0.39, 0.29) is 11.9 Å². The van der Waals surface area contributed by atoms with E-state index in [0.29, 0.717) is 24.0 Å². The first-order valence-corrected chi connectivity index (χ1v) is 7.88. The maximum atomic E-state index is 12.7. The van der Waals surface area contributed by atoms with E-state index >= 15 is 0 Å². The van der Waals surface area contributed by atoms with E-state index < -0.39 is 6.10 Å². The molecule has 6 heteroatoms. The SMILES string of the molecule is Cc1cccc(O[C@@H](C)C(=O)N2CCC[C@@H]2c2noc(C)n2)c1. The van der Waals surface area contributed by atoms with Gasteiger partial charge in [-0.25, -0.2) is 0 Å². The first-order chi connectivity index (χ1) is 11.0. The second kappa shape index (κ2) is 6.40. The van der Waals surface area contributed by atoms with Gasteiger partial charge in [0.2, 0.25) is 5.89 Å². The van der Waals surface area contributed by atoms with Crippen molar-refractivity contribution in [3.05, 3.63) is 41.5 Å². The van der Waals surface area contributed by atoms with Gasteiger partial charge < -0.3 is 14.2 Å². The largest absolute Gasteiger partial charge is 0.481 e. The van der Waals surface area contributed by atoms with Gasteiger partial charge in [0.1, 0.15) is 5.75 Å². The first-order valence-electron chi connectivity index (χ1n) is 7.88. The Morgan fingerprint density at radius 1 is 1.43 bits per heavy atom. The average Bonchev–Trinajstić information content (AvgIpc) is 3.14. The summed E-state index contributed by atoms with van der Waals surface area (Å²) < 4.78 is 10.8. The highest BCUT2D eigenvalue weighted by Crippen LogP contribution is 2.31. The van der Waals surface area contributed by atoms with Gasteiger partial charge in [0.15, 0.2) is 11.9 Å². The Morgan fingerprint density at radius 3 is 2.96 bits per heavy atom. The van der Waals surface area contributed by atoms with Crippen LogP contribution in [0.25, 0.3) is 0 Å². The molecule has 0 aliphatic carbocycles. The van der Waals surface area contributed by atoms with Crippen molar-refractivity contribution in [2.24, 2.45) is 0 Å². The maximum absolute atomic E-state index is 12.7. The van der Waals surface area contributed by atoms with E-state index in [4.69, 9.17) is 9.26 Å². The number of likely N-dealkylation sites (tertiary alicyclic amines) is 1. The highest BCUT2D eigenvalue weighted by molar-refractivity contribution is 5.81. The summed E-state index contributed by atoms with van der Waals surface area (Å²) in [6, 6.07) is 7.58. The third-order valence-electron chi connectivity index (χ3n) is 4.03. The number of aryl methyl sites for hydroxylation is 2. The molecule has 1 saturated heterocycles. The summed E-state index contributed by atoms with van der Waals surface area (Å²) in [7, 11) is 0. The van der Waals surface area contributed by atoms with Crippen LogP contribution < -0.4 is 4.74 Å². The van der Waals surface area contributed by atoms with Crippen molar-refractivity contribution < 1.29 is 14.1 Å². The summed E-state index contributed by atoms with van der Waals surface area (Å²) in [6.45, 7) is 6.22. The van der Waals surface area contributed by atoms with E-state index in [2.05, 4.69) is 10.1 Å².